The van der Waals surface area contributed by atoms with Crippen molar-refractivity contribution in [2.75, 3.05) is 31.1 Å². The third kappa shape index (κ3) is 3.52. The fourth-order valence-electron chi connectivity index (χ4n) is 4.83. The van der Waals surface area contributed by atoms with Crippen molar-refractivity contribution in [1.82, 2.24) is 24.8 Å². The van der Waals surface area contributed by atoms with E-state index in [1.807, 2.05) is 27.7 Å². The number of carbonyl (C=O) groups is 1. The van der Waals surface area contributed by atoms with Gasteiger partial charge in [-0.05, 0) is 49.6 Å². The standard InChI is InChI=1S/C22H25FN6O/c23-19-12-24-9-6-21(19)29-17-3-4-18(29)15-27(14-17)22(30)13-25-8-5-16-2-1-11-28-20(16)7-10-26-28/h1-2,6-7,9-12,17-18,25H,3-5,8,13-15H2/t17-,18+. The zero-order valence-electron chi connectivity index (χ0n) is 16.7. The molecule has 0 unspecified atom stereocenters. The van der Waals surface area contributed by atoms with Crippen LogP contribution in [0.3, 0.4) is 0 Å². The minimum Gasteiger partial charge on any atom is -0.360 e. The van der Waals surface area contributed by atoms with Crippen LogP contribution >= 0.6 is 0 Å². The van der Waals surface area contributed by atoms with Crippen molar-refractivity contribution < 1.29 is 9.18 Å². The first-order chi connectivity index (χ1) is 14.7. The maximum absolute atomic E-state index is 14.2. The Bertz CT molecular complexity index is 1040. The van der Waals surface area contributed by atoms with Gasteiger partial charge < -0.3 is 15.1 Å². The third-order valence-corrected chi connectivity index (χ3v) is 6.24. The molecule has 0 aliphatic carbocycles. The maximum atomic E-state index is 14.2. The average Bonchev–Trinajstić information content (AvgIpc) is 3.33. The van der Waals surface area contributed by atoms with Crippen LogP contribution in [0.5, 0.6) is 0 Å². The molecule has 3 aromatic rings. The second-order valence-electron chi connectivity index (χ2n) is 8.04. The molecule has 2 aliphatic heterocycles. The highest BCUT2D eigenvalue weighted by Crippen LogP contribution is 2.35. The number of carbonyl (C=O) groups excluding carboxylic acids is 1. The van der Waals surface area contributed by atoms with Crippen molar-refractivity contribution in [2.45, 2.75) is 31.3 Å². The van der Waals surface area contributed by atoms with E-state index in [2.05, 4.69) is 26.4 Å². The van der Waals surface area contributed by atoms with Crippen LogP contribution in [0.4, 0.5) is 10.1 Å². The zero-order chi connectivity index (χ0) is 20.5. The molecule has 8 heteroatoms. The lowest BCUT2D eigenvalue weighted by atomic mass is 10.1. The largest absolute Gasteiger partial charge is 0.360 e. The van der Waals surface area contributed by atoms with Crippen LogP contribution in [-0.4, -0.2) is 63.7 Å². The Morgan fingerprint density at radius 3 is 2.80 bits per heavy atom. The normalized spacial score (nSPS) is 20.8. The Morgan fingerprint density at radius 1 is 1.17 bits per heavy atom. The Kier molecular flexibility index (Phi) is 5.08. The van der Waals surface area contributed by atoms with Gasteiger partial charge in [-0.15, -0.1) is 0 Å². The lowest BCUT2D eigenvalue weighted by Gasteiger charge is -2.42. The monoisotopic (exact) mass is 408 g/mol. The Morgan fingerprint density at radius 2 is 2.00 bits per heavy atom. The molecule has 156 valence electrons. The SMILES string of the molecule is O=C(CNCCc1cccn2nccc12)N1C[C@H]2CC[C@@H](C1)N2c1ccncc1F. The first kappa shape index (κ1) is 19.0. The molecule has 2 fully saturated rings. The fourth-order valence-corrected chi connectivity index (χ4v) is 4.83. The van der Waals surface area contributed by atoms with Crippen molar-refractivity contribution in [3.63, 3.8) is 0 Å². The summed E-state index contributed by atoms with van der Waals surface area (Å²) in [5.74, 6) is -0.173. The van der Waals surface area contributed by atoms with Gasteiger partial charge in [-0.3, -0.25) is 9.78 Å². The van der Waals surface area contributed by atoms with Crippen molar-refractivity contribution in [3.8, 4) is 0 Å². The molecular formula is C22H25FN6O. The van der Waals surface area contributed by atoms with Gasteiger partial charge >= 0.3 is 0 Å². The third-order valence-electron chi connectivity index (χ3n) is 6.24. The van der Waals surface area contributed by atoms with Crippen LogP contribution in [0.1, 0.15) is 18.4 Å². The lowest BCUT2D eigenvalue weighted by molar-refractivity contribution is -0.131. The molecule has 0 aromatic carbocycles. The first-order valence-corrected chi connectivity index (χ1v) is 10.5. The van der Waals surface area contributed by atoms with E-state index in [0.717, 1.165) is 31.3 Å². The Hall–Kier alpha value is -3.00. The molecule has 3 aromatic heterocycles. The van der Waals surface area contributed by atoms with Gasteiger partial charge in [0.25, 0.3) is 0 Å². The molecule has 7 nitrogen and oxygen atoms in total. The highest BCUT2D eigenvalue weighted by atomic mass is 19.1. The number of nitrogens with zero attached hydrogens (tertiary/aromatic N) is 5. The molecular weight excluding hydrogens is 383 g/mol. The van der Waals surface area contributed by atoms with E-state index in [4.69, 9.17) is 0 Å². The van der Waals surface area contributed by atoms with Gasteiger partial charge in [-0.25, -0.2) is 8.91 Å². The molecule has 0 saturated carbocycles. The minimum atomic E-state index is -0.288. The molecule has 2 atom stereocenters. The van der Waals surface area contributed by atoms with E-state index in [1.165, 1.54) is 11.8 Å². The van der Waals surface area contributed by atoms with E-state index in [-0.39, 0.29) is 23.8 Å². The van der Waals surface area contributed by atoms with Gasteiger partial charge in [0.1, 0.15) is 0 Å². The molecule has 5 heterocycles. The number of hydrogen-bond acceptors (Lipinski definition) is 5. The zero-order valence-corrected chi connectivity index (χ0v) is 16.7. The van der Waals surface area contributed by atoms with Crippen molar-refractivity contribution in [3.05, 3.63) is 60.4 Å². The smallest absolute Gasteiger partial charge is 0.236 e. The van der Waals surface area contributed by atoms with Gasteiger partial charge in [-0.1, -0.05) is 6.07 Å². The van der Waals surface area contributed by atoms with E-state index in [9.17, 15) is 9.18 Å². The number of fused-ring (bicyclic) bond motifs is 3. The predicted molar refractivity (Wildman–Crippen MR) is 112 cm³/mol. The average molecular weight is 408 g/mol. The molecule has 30 heavy (non-hydrogen) atoms. The van der Waals surface area contributed by atoms with Crippen molar-refractivity contribution >= 4 is 17.1 Å². The van der Waals surface area contributed by atoms with Crippen molar-refractivity contribution in [2.24, 2.45) is 0 Å². The highest BCUT2D eigenvalue weighted by Gasteiger charge is 2.42. The van der Waals surface area contributed by atoms with Crippen LogP contribution < -0.4 is 10.2 Å². The Labute approximate surface area is 174 Å². The van der Waals surface area contributed by atoms with Gasteiger partial charge in [0, 0.05) is 43.8 Å². The summed E-state index contributed by atoms with van der Waals surface area (Å²) in [5, 5.41) is 7.54. The summed E-state index contributed by atoms with van der Waals surface area (Å²) in [5.41, 5.74) is 2.92. The van der Waals surface area contributed by atoms with Crippen LogP contribution in [0.2, 0.25) is 0 Å². The predicted octanol–water partition coefficient (Wildman–Crippen LogP) is 1.88. The number of halogens is 1. The van der Waals surface area contributed by atoms with Crippen molar-refractivity contribution in [1.29, 1.82) is 0 Å². The Balaban J connectivity index is 1.15. The second-order valence-corrected chi connectivity index (χ2v) is 8.04. The molecule has 1 amide bonds. The van der Waals surface area contributed by atoms with Crippen LogP contribution in [0, 0.1) is 5.82 Å². The van der Waals surface area contributed by atoms with Gasteiger partial charge in [0.05, 0.1) is 23.9 Å². The number of anilines is 1. The number of rotatable bonds is 6. The molecule has 2 bridgehead atoms. The van der Waals surface area contributed by atoms with Gasteiger partial charge in [0.15, 0.2) is 5.82 Å². The molecule has 1 N–H and O–H groups in total. The van der Waals surface area contributed by atoms with E-state index >= 15 is 0 Å². The van der Waals surface area contributed by atoms with Gasteiger partial charge in [0.2, 0.25) is 5.91 Å². The quantitative estimate of drug-likeness (QED) is 0.631. The first-order valence-electron chi connectivity index (χ1n) is 10.5. The lowest BCUT2D eigenvalue weighted by Crippen LogP contribution is -2.57. The van der Waals surface area contributed by atoms with Crippen LogP contribution in [0.15, 0.2) is 49.1 Å². The van der Waals surface area contributed by atoms with E-state index in [1.54, 1.807) is 18.5 Å². The molecule has 2 aliphatic rings. The number of pyridine rings is 2. The van der Waals surface area contributed by atoms with Gasteiger partial charge in [-0.2, -0.15) is 5.10 Å². The number of nitrogens with one attached hydrogen (secondary N) is 1. The van der Waals surface area contributed by atoms with Crippen LogP contribution in [0.25, 0.3) is 5.52 Å². The summed E-state index contributed by atoms with van der Waals surface area (Å²) >= 11 is 0. The van der Waals surface area contributed by atoms with Crippen LogP contribution in [-0.2, 0) is 11.2 Å². The number of hydrogen-bond donors (Lipinski definition) is 1. The number of piperazine rings is 1. The summed E-state index contributed by atoms with van der Waals surface area (Å²) in [4.78, 5) is 20.7. The fraction of sp³-hybridized carbons (Fsp3) is 0.409. The highest BCUT2D eigenvalue weighted by molar-refractivity contribution is 5.79. The minimum absolute atomic E-state index is 0.115. The number of likely N-dealkylation sites (tertiary alicyclic amines) is 1. The summed E-state index contributed by atoms with van der Waals surface area (Å²) in [6.45, 7) is 2.35. The van der Waals surface area contributed by atoms with E-state index in [0.29, 0.717) is 25.3 Å². The number of aromatic nitrogens is 3. The number of amides is 1. The summed E-state index contributed by atoms with van der Waals surface area (Å²) in [6, 6.07) is 8.16. The maximum Gasteiger partial charge on any atom is 0.236 e. The molecule has 5 rings (SSSR count). The topological polar surface area (TPSA) is 65.8 Å². The molecule has 0 spiro atoms. The van der Waals surface area contributed by atoms with E-state index < -0.39 is 0 Å². The summed E-state index contributed by atoms with van der Waals surface area (Å²) in [6.07, 6.45) is 9.43. The molecule has 2 saturated heterocycles. The summed E-state index contributed by atoms with van der Waals surface area (Å²) < 4.78 is 16.1. The summed E-state index contributed by atoms with van der Waals surface area (Å²) in [7, 11) is 0. The molecule has 0 radical (unpaired) electrons. The second kappa shape index (κ2) is 8.02.